The number of amidine groups is 1. The maximum Gasteiger partial charge on any atom is 0.345 e. The number of benzene rings is 1. The number of hydrogen-bond donors (Lipinski definition) is 1. The first-order valence-electron chi connectivity index (χ1n) is 11.7. The zero-order valence-corrected chi connectivity index (χ0v) is 20.1. The topological polar surface area (TPSA) is 106 Å². The van der Waals surface area contributed by atoms with Gasteiger partial charge in [0.15, 0.2) is 0 Å². The van der Waals surface area contributed by atoms with E-state index in [9.17, 15) is 13.5 Å². The van der Waals surface area contributed by atoms with Crippen molar-refractivity contribution in [1.82, 2.24) is 14.7 Å². The molecule has 1 aliphatic heterocycles. The fourth-order valence-corrected chi connectivity index (χ4v) is 6.60. The third kappa shape index (κ3) is 4.33. The molecular formula is C23H31N6O3S-. The molecule has 1 atom stereocenters. The second kappa shape index (κ2) is 8.64. The molecule has 0 bridgehead atoms. The van der Waals surface area contributed by atoms with Crippen molar-refractivity contribution in [2.75, 3.05) is 29.8 Å². The van der Waals surface area contributed by atoms with Crippen LogP contribution in [0.25, 0.3) is 0 Å². The molecule has 10 heteroatoms. The number of aromatic nitrogens is 2. The molecule has 2 aliphatic carbocycles. The first-order chi connectivity index (χ1) is 15.8. The summed E-state index contributed by atoms with van der Waals surface area (Å²) in [6.45, 7) is 1.16. The van der Waals surface area contributed by atoms with Crippen LogP contribution < -0.4 is 14.7 Å². The van der Waals surface area contributed by atoms with E-state index in [2.05, 4.69) is 25.8 Å². The lowest BCUT2D eigenvalue weighted by molar-refractivity contribution is -0.213. The number of fused-ring (bicyclic) bond motifs is 2. The van der Waals surface area contributed by atoms with Gasteiger partial charge < -0.3 is 15.3 Å². The maximum absolute atomic E-state index is 13.3. The highest BCUT2D eigenvalue weighted by atomic mass is 32.2. The molecule has 1 fully saturated rings. The van der Waals surface area contributed by atoms with E-state index in [1.54, 1.807) is 17.9 Å². The van der Waals surface area contributed by atoms with Crippen LogP contribution in [0.5, 0.6) is 0 Å². The van der Waals surface area contributed by atoms with Gasteiger partial charge in [-0.25, -0.2) is 4.31 Å². The van der Waals surface area contributed by atoms with Gasteiger partial charge in [0.1, 0.15) is 0 Å². The second-order valence-corrected chi connectivity index (χ2v) is 10.9. The summed E-state index contributed by atoms with van der Waals surface area (Å²) < 4.78 is 33.2. The molecule has 3 aliphatic rings. The predicted molar refractivity (Wildman–Crippen MR) is 127 cm³/mol. The minimum Gasteiger partial charge on any atom is -0.845 e. The molecule has 33 heavy (non-hydrogen) atoms. The summed E-state index contributed by atoms with van der Waals surface area (Å²) in [7, 11) is -0.529. The van der Waals surface area contributed by atoms with Gasteiger partial charge in [0.25, 0.3) is 0 Å². The van der Waals surface area contributed by atoms with Gasteiger partial charge in [-0.3, -0.25) is 4.68 Å². The van der Waals surface area contributed by atoms with Crippen molar-refractivity contribution in [3.8, 4) is 0 Å². The van der Waals surface area contributed by atoms with Crippen LogP contribution >= 0.6 is 0 Å². The van der Waals surface area contributed by atoms with Crippen LogP contribution in [-0.2, 0) is 42.9 Å². The number of nitrogens with one attached hydrogen (secondary N) is 1. The molecule has 0 amide bonds. The van der Waals surface area contributed by atoms with E-state index in [1.165, 1.54) is 21.6 Å². The monoisotopic (exact) mass is 471 g/mol. The average molecular weight is 472 g/mol. The van der Waals surface area contributed by atoms with E-state index < -0.39 is 16.2 Å². The van der Waals surface area contributed by atoms with Gasteiger partial charge in [0, 0.05) is 25.0 Å². The van der Waals surface area contributed by atoms with E-state index >= 15 is 0 Å². The number of aryl methyl sites for hydroxylation is 3. The Labute approximate surface area is 195 Å². The van der Waals surface area contributed by atoms with Crippen LogP contribution in [0.2, 0.25) is 0 Å². The van der Waals surface area contributed by atoms with Crippen LogP contribution in [0, 0.1) is 0 Å². The smallest absolute Gasteiger partial charge is 0.345 e. The lowest BCUT2D eigenvalue weighted by Crippen LogP contribution is -2.42. The first kappa shape index (κ1) is 22.2. The van der Waals surface area contributed by atoms with Crippen molar-refractivity contribution in [1.29, 1.82) is 0 Å². The molecule has 0 unspecified atom stereocenters. The third-order valence-electron chi connectivity index (χ3n) is 7.21. The Morgan fingerprint density at radius 1 is 1.18 bits per heavy atom. The Hall–Kier alpha value is -2.59. The standard InChI is InChI=1S/C23H32N6O3S/c1-27-11-5-8-18(27)15-29(19-13-24-28(2)14-19)33(31,32)26-23(30)25-22-20-9-3-6-16(20)12-17-7-4-10-21(17)22/h12-14,18H,3-11,15H2,1-2H3,(H2,25,26,30)/p-1/t18-/m0/s1. The molecule has 1 N–H and O–H groups in total. The highest BCUT2D eigenvalue weighted by Crippen LogP contribution is 2.38. The normalized spacial score (nSPS) is 20.8. The Morgan fingerprint density at radius 2 is 1.88 bits per heavy atom. The Bertz CT molecular complexity index is 1160. The number of likely N-dealkylation sites (tertiary alicyclic amines) is 1. The number of likely N-dealkylation sites (N-methyl/N-ethyl adjacent to an activating group) is 1. The van der Waals surface area contributed by atoms with Crippen LogP contribution in [0.1, 0.15) is 47.9 Å². The van der Waals surface area contributed by atoms with Gasteiger partial charge >= 0.3 is 10.2 Å². The molecule has 2 aromatic rings. The molecular weight excluding hydrogens is 440 g/mol. The summed E-state index contributed by atoms with van der Waals surface area (Å²) in [5.74, 6) is 0. The molecule has 5 rings (SSSR count). The number of hydrogen-bond acceptors (Lipinski definition) is 5. The summed E-state index contributed by atoms with van der Waals surface area (Å²) in [4.78, 5) is 2.15. The second-order valence-electron chi connectivity index (χ2n) is 9.41. The van der Waals surface area contributed by atoms with Crippen molar-refractivity contribution in [3.05, 3.63) is 40.7 Å². The molecule has 0 radical (unpaired) electrons. The number of rotatable bonds is 6. The van der Waals surface area contributed by atoms with Crippen molar-refractivity contribution < 1.29 is 13.5 Å². The summed E-state index contributed by atoms with van der Waals surface area (Å²) in [5, 5.41) is 20.0. The zero-order chi connectivity index (χ0) is 23.2. The van der Waals surface area contributed by atoms with Crippen LogP contribution in [0.4, 0.5) is 11.4 Å². The van der Waals surface area contributed by atoms with Crippen molar-refractivity contribution in [2.45, 2.75) is 57.4 Å². The molecule has 0 saturated carbocycles. The van der Waals surface area contributed by atoms with E-state index in [0.29, 0.717) is 5.69 Å². The van der Waals surface area contributed by atoms with E-state index in [4.69, 9.17) is 0 Å². The van der Waals surface area contributed by atoms with E-state index in [-0.39, 0.29) is 12.6 Å². The first-order valence-corrected chi connectivity index (χ1v) is 13.1. The molecule has 9 nitrogen and oxygen atoms in total. The minimum absolute atomic E-state index is 0.0684. The molecule has 0 spiro atoms. The quantitative estimate of drug-likeness (QED) is 0.504. The molecule has 1 saturated heterocycles. The average Bonchev–Trinajstić information content (AvgIpc) is 3.53. The fraction of sp³-hybridized carbons (Fsp3) is 0.565. The summed E-state index contributed by atoms with van der Waals surface area (Å²) in [6.07, 6.45) is 11.0. The van der Waals surface area contributed by atoms with Gasteiger partial charge in [-0.1, -0.05) is 6.07 Å². The molecule has 178 valence electrons. The lowest BCUT2D eigenvalue weighted by atomic mass is 9.99. The van der Waals surface area contributed by atoms with Gasteiger partial charge in [-0.2, -0.15) is 13.5 Å². The number of anilines is 2. The van der Waals surface area contributed by atoms with E-state index in [1.807, 2.05) is 7.05 Å². The predicted octanol–water partition coefficient (Wildman–Crippen LogP) is 1.37. The van der Waals surface area contributed by atoms with Crippen molar-refractivity contribution in [2.24, 2.45) is 11.4 Å². The summed E-state index contributed by atoms with van der Waals surface area (Å²) in [6, 6.07) is 1.51. The Morgan fingerprint density at radius 3 is 2.45 bits per heavy atom. The number of nitrogens with zero attached hydrogens (tertiary/aromatic N) is 5. The summed E-state index contributed by atoms with van der Waals surface area (Å²) in [5.41, 5.74) is 6.05. The third-order valence-corrected chi connectivity index (χ3v) is 8.52. The SMILES string of the molecule is CN1CCC[C@H]1CN(c1cnn(C)c1)S(=O)(=O)/N=C(\[O-])Nc1c2c(cc3c1CCC3)CCC2. The highest BCUT2D eigenvalue weighted by Gasteiger charge is 2.31. The highest BCUT2D eigenvalue weighted by molar-refractivity contribution is 7.91. The molecule has 1 aromatic carbocycles. The Kier molecular flexibility index (Phi) is 5.82. The summed E-state index contributed by atoms with van der Waals surface area (Å²) >= 11 is 0. The Balaban J connectivity index is 1.45. The van der Waals surface area contributed by atoms with Crippen molar-refractivity contribution in [3.63, 3.8) is 0 Å². The van der Waals surface area contributed by atoms with Gasteiger partial charge in [-0.05, 0) is 87.2 Å². The van der Waals surface area contributed by atoms with E-state index in [0.717, 1.165) is 74.7 Å². The molecule has 2 heterocycles. The largest absolute Gasteiger partial charge is 0.845 e. The van der Waals surface area contributed by atoms with Crippen LogP contribution in [0.3, 0.4) is 0 Å². The lowest BCUT2D eigenvalue weighted by Gasteiger charge is -2.28. The van der Waals surface area contributed by atoms with Crippen LogP contribution in [0.15, 0.2) is 22.9 Å². The fourth-order valence-electron chi connectivity index (χ4n) is 5.52. The van der Waals surface area contributed by atoms with Gasteiger partial charge in [0.2, 0.25) is 0 Å². The zero-order valence-electron chi connectivity index (χ0n) is 19.2. The minimum atomic E-state index is -4.25. The van der Waals surface area contributed by atoms with Gasteiger partial charge in [0.05, 0.1) is 24.5 Å². The van der Waals surface area contributed by atoms with Crippen molar-refractivity contribution >= 4 is 27.6 Å². The van der Waals surface area contributed by atoms with Crippen LogP contribution in [-0.4, -0.2) is 55.3 Å². The van der Waals surface area contributed by atoms with Gasteiger partial charge in [-0.15, -0.1) is 4.40 Å². The maximum atomic E-state index is 13.3. The molecule has 1 aromatic heterocycles.